The molecule has 0 bridgehead atoms. The molecule has 0 saturated heterocycles. The van der Waals surface area contributed by atoms with E-state index in [-0.39, 0.29) is 0 Å². The number of hydrogen-bond acceptors (Lipinski definition) is 5. The molecule has 0 fully saturated rings. The van der Waals surface area contributed by atoms with E-state index < -0.39 is 0 Å². The van der Waals surface area contributed by atoms with Gasteiger partial charge in [-0.25, -0.2) is 0 Å². The lowest BCUT2D eigenvalue weighted by Crippen LogP contribution is -1.97. The Balaban J connectivity index is 1.93. The van der Waals surface area contributed by atoms with Crippen LogP contribution in [0, 0.1) is 0 Å². The first-order valence-electron chi connectivity index (χ1n) is 3.59. The maximum atomic E-state index is 5.29. The summed E-state index contributed by atoms with van der Waals surface area (Å²) in [5.41, 5.74) is 1.68. The predicted octanol–water partition coefficient (Wildman–Crippen LogP) is 2.51. The number of rotatable bonds is 3. The van der Waals surface area contributed by atoms with Gasteiger partial charge in [0.15, 0.2) is 4.67 Å². The van der Waals surface area contributed by atoms with Crippen molar-refractivity contribution in [1.29, 1.82) is 0 Å². The number of aromatic nitrogens is 2. The Labute approximate surface area is 87.1 Å². The molecule has 1 N–H and O–H groups in total. The summed E-state index contributed by atoms with van der Waals surface area (Å²) in [6.45, 7) is 0.626. The van der Waals surface area contributed by atoms with Gasteiger partial charge in [0.2, 0.25) is 5.13 Å². The lowest BCUT2D eigenvalue weighted by Gasteiger charge is -1.96. The van der Waals surface area contributed by atoms with Gasteiger partial charge in [0.25, 0.3) is 0 Å². The first-order chi connectivity index (χ1) is 6.34. The van der Waals surface area contributed by atoms with Crippen molar-refractivity contribution in [1.82, 2.24) is 10.2 Å². The van der Waals surface area contributed by atoms with Gasteiger partial charge in [0.05, 0.1) is 6.54 Å². The minimum Gasteiger partial charge on any atom is -0.452 e. The van der Waals surface area contributed by atoms with Crippen LogP contribution in [0.2, 0.25) is 0 Å². The summed E-state index contributed by atoms with van der Waals surface area (Å²) in [6, 6.07) is 3.76. The maximum Gasteiger partial charge on any atom is 0.205 e. The molecule has 0 unspecified atom stereocenters. The number of nitrogens with zero attached hydrogens (tertiary/aromatic N) is 2. The van der Waals surface area contributed by atoms with Gasteiger partial charge in [0, 0.05) is 0 Å². The molecule has 0 aliphatic heterocycles. The SMILES string of the molecule is Brc1ccc(CNc2nncs2)o1. The van der Waals surface area contributed by atoms with Crippen molar-refractivity contribution in [2.75, 3.05) is 5.32 Å². The average molecular weight is 260 g/mol. The molecular weight excluding hydrogens is 254 g/mol. The van der Waals surface area contributed by atoms with E-state index in [1.165, 1.54) is 11.3 Å². The smallest absolute Gasteiger partial charge is 0.205 e. The van der Waals surface area contributed by atoms with Gasteiger partial charge >= 0.3 is 0 Å². The van der Waals surface area contributed by atoms with Crippen LogP contribution >= 0.6 is 27.3 Å². The Kier molecular flexibility index (Phi) is 2.60. The highest BCUT2D eigenvalue weighted by Crippen LogP contribution is 2.16. The molecule has 0 aromatic carbocycles. The zero-order chi connectivity index (χ0) is 9.10. The van der Waals surface area contributed by atoms with Gasteiger partial charge in [-0.05, 0) is 28.1 Å². The highest BCUT2D eigenvalue weighted by atomic mass is 79.9. The number of furan rings is 1. The van der Waals surface area contributed by atoms with Gasteiger partial charge in [0.1, 0.15) is 11.3 Å². The van der Waals surface area contributed by atoms with E-state index in [0.29, 0.717) is 6.54 Å². The minimum atomic E-state index is 0.626. The number of nitrogens with one attached hydrogen (secondary N) is 1. The van der Waals surface area contributed by atoms with Gasteiger partial charge in [-0.2, -0.15) is 0 Å². The number of anilines is 1. The molecule has 0 amide bonds. The Morgan fingerprint density at radius 2 is 2.46 bits per heavy atom. The lowest BCUT2D eigenvalue weighted by atomic mass is 10.4. The lowest BCUT2D eigenvalue weighted by molar-refractivity contribution is 0.495. The monoisotopic (exact) mass is 259 g/mol. The van der Waals surface area contributed by atoms with Gasteiger partial charge < -0.3 is 9.73 Å². The van der Waals surface area contributed by atoms with E-state index in [1.807, 2.05) is 12.1 Å². The van der Waals surface area contributed by atoms with Gasteiger partial charge in [-0.3, -0.25) is 0 Å². The summed E-state index contributed by atoms with van der Waals surface area (Å²) in [6.07, 6.45) is 0. The molecule has 2 aromatic rings. The molecule has 0 spiro atoms. The molecule has 0 radical (unpaired) electrons. The van der Waals surface area contributed by atoms with E-state index in [0.717, 1.165) is 15.6 Å². The van der Waals surface area contributed by atoms with Crippen LogP contribution in [0.1, 0.15) is 5.76 Å². The van der Waals surface area contributed by atoms with Crippen LogP contribution in [0.25, 0.3) is 0 Å². The first kappa shape index (κ1) is 8.71. The molecular formula is C7H6BrN3OS. The first-order valence-corrected chi connectivity index (χ1v) is 5.26. The molecule has 13 heavy (non-hydrogen) atoms. The third-order valence-electron chi connectivity index (χ3n) is 1.40. The fraction of sp³-hybridized carbons (Fsp3) is 0.143. The second kappa shape index (κ2) is 3.89. The van der Waals surface area contributed by atoms with Crippen LogP contribution in [0.4, 0.5) is 5.13 Å². The van der Waals surface area contributed by atoms with Crippen molar-refractivity contribution < 1.29 is 4.42 Å². The Morgan fingerprint density at radius 3 is 3.08 bits per heavy atom. The zero-order valence-corrected chi connectivity index (χ0v) is 8.93. The van der Waals surface area contributed by atoms with Crippen molar-refractivity contribution >= 4 is 32.4 Å². The Morgan fingerprint density at radius 1 is 1.54 bits per heavy atom. The highest BCUT2D eigenvalue weighted by Gasteiger charge is 2.00. The zero-order valence-electron chi connectivity index (χ0n) is 6.53. The molecule has 0 aliphatic carbocycles. The summed E-state index contributed by atoms with van der Waals surface area (Å²) in [5.74, 6) is 0.863. The van der Waals surface area contributed by atoms with E-state index in [4.69, 9.17) is 4.42 Å². The van der Waals surface area contributed by atoms with Crippen LogP contribution < -0.4 is 5.32 Å². The molecule has 2 heterocycles. The third kappa shape index (κ3) is 2.28. The van der Waals surface area contributed by atoms with Crippen molar-refractivity contribution in [3.05, 3.63) is 28.1 Å². The maximum absolute atomic E-state index is 5.29. The quantitative estimate of drug-likeness (QED) is 0.921. The van der Waals surface area contributed by atoms with E-state index in [2.05, 4.69) is 31.4 Å². The summed E-state index contributed by atoms with van der Waals surface area (Å²) in [7, 11) is 0. The fourth-order valence-corrected chi connectivity index (χ4v) is 1.64. The third-order valence-corrected chi connectivity index (χ3v) is 2.48. The van der Waals surface area contributed by atoms with Crippen LogP contribution in [0.5, 0.6) is 0 Å². The van der Waals surface area contributed by atoms with Crippen LogP contribution in [-0.4, -0.2) is 10.2 Å². The van der Waals surface area contributed by atoms with Crippen LogP contribution in [0.3, 0.4) is 0 Å². The number of halogens is 1. The molecule has 6 heteroatoms. The standard InChI is InChI=1S/C7H6BrN3OS/c8-6-2-1-5(12-6)3-9-7-11-10-4-13-7/h1-2,4H,3H2,(H,9,11). The minimum absolute atomic E-state index is 0.626. The molecule has 4 nitrogen and oxygen atoms in total. The van der Waals surface area contributed by atoms with E-state index >= 15 is 0 Å². The fourth-order valence-electron chi connectivity index (χ4n) is 0.860. The molecule has 0 atom stereocenters. The van der Waals surface area contributed by atoms with Crippen LogP contribution in [-0.2, 0) is 6.54 Å². The summed E-state index contributed by atoms with van der Waals surface area (Å²) in [5, 5.41) is 11.4. The molecule has 0 saturated carbocycles. The molecule has 68 valence electrons. The van der Waals surface area contributed by atoms with Crippen molar-refractivity contribution in [3.63, 3.8) is 0 Å². The molecule has 2 aromatic heterocycles. The van der Waals surface area contributed by atoms with Gasteiger partial charge in [-0.1, -0.05) is 11.3 Å². The average Bonchev–Trinajstić information content (AvgIpc) is 2.71. The summed E-state index contributed by atoms with van der Waals surface area (Å²) >= 11 is 4.69. The van der Waals surface area contributed by atoms with E-state index in [9.17, 15) is 0 Å². The number of hydrogen-bond donors (Lipinski definition) is 1. The largest absolute Gasteiger partial charge is 0.452 e. The van der Waals surface area contributed by atoms with Crippen molar-refractivity contribution in [3.8, 4) is 0 Å². The highest BCUT2D eigenvalue weighted by molar-refractivity contribution is 9.10. The predicted molar refractivity (Wildman–Crippen MR) is 53.6 cm³/mol. The van der Waals surface area contributed by atoms with Crippen molar-refractivity contribution in [2.45, 2.75) is 6.54 Å². The topological polar surface area (TPSA) is 51.0 Å². The van der Waals surface area contributed by atoms with Crippen molar-refractivity contribution in [2.24, 2.45) is 0 Å². The second-order valence-electron chi connectivity index (χ2n) is 2.30. The van der Waals surface area contributed by atoms with Gasteiger partial charge in [-0.15, -0.1) is 10.2 Å². The van der Waals surface area contributed by atoms with E-state index in [1.54, 1.807) is 5.51 Å². The summed E-state index contributed by atoms with van der Waals surface area (Å²) < 4.78 is 6.03. The van der Waals surface area contributed by atoms with Crippen LogP contribution in [0.15, 0.2) is 26.7 Å². The molecule has 2 rings (SSSR count). The Bertz CT molecular complexity index is 373. The second-order valence-corrected chi connectivity index (χ2v) is 3.92. The summed E-state index contributed by atoms with van der Waals surface area (Å²) in [4.78, 5) is 0. The normalized spacial score (nSPS) is 10.2. The molecule has 0 aliphatic rings. The Hall–Kier alpha value is -0.880.